The fourth-order valence-electron chi connectivity index (χ4n) is 1.20. The van der Waals surface area contributed by atoms with Crippen LogP contribution in [0.5, 0.6) is 0 Å². The summed E-state index contributed by atoms with van der Waals surface area (Å²) in [7, 11) is -1.79. The Morgan fingerprint density at radius 3 is 2.26 bits per heavy atom. The second-order valence-corrected chi connectivity index (χ2v) is 11.3. The summed E-state index contributed by atoms with van der Waals surface area (Å²) in [5.74, 6) is -1.61. The summed E-state index contributed by atoms with van der Waals surface area (Å²) < 4.78 is 5.44. The minimum atomic E-state index is -1.79. The molecule has 0 heterocycles. The Morgan fingerprint density at radius 1 is 1.26 bits per heavy atom. The van der Waals surface area contributed by atoms with Gasteiger partial charge in [-0.05, 0) is 32.0 Å². The van der Waals surface area contributed by atoms with Crippen LogP contribution in [0.15, 0.2) is 24.3 Å². The maximum Gasteiger partial charge on any atom is 0.338 e. The summed E-state index contributed by atoms with van der Waals surface area (Å²) in [5, 5.41) is 8.13. The van der Waals surface area contributed by atoms with Gasteiger partial charge in [-0.25, -0.2) is 9.59 Å². The van der Waals surface area contributed by atoms with E-state index in [0.717, 1.165) is 0 Å². The van der Waals surface area contributed by atoms with Crippen molar-refractivity contribution in [1.82, 2.24) is 0 Å². The minimum absolute atomic E-state index is 0.0632. The van der Waals surface area contributed by atoms with Crippen LogP contribution in [0.4, 0.5) is 0 Å². The van der Waals surface area contributed by atoms with Gasteiger partial charge in [-0.2, -0.15) is 0 Å². The molecule has 0 saturated heterocycles. The molecule has 1 rings (SSSR count). The van der Waals surface area contributed by atoms with Gasteiger partial charge in [-0.1, -0.05) is 25.7 Å². The van der Waals surface area contributed by atoms with E-state index in [0.29, 0.717) is 0 Å². The van der Waals surface area contributed by atoms with Gasteiger partial charge in [0.1, 0.15) is 0 Å². The largest absolute Gasteiger partial charge is 0.478 e. The third-order valence-corrected chi connectivity index (χ3v) is 6.52. The zero-order valence-corrected chi connectivity index (χ0v) is 12.7. The molecule has 1 N–H and O–H groups in total. The Bertz CT molecular complexity index is 500. The molecule has 0 spiro atoms. The number of hydrogen-bond donors (Lipinski definition) is 1. The molecule has 1 radical (unpaired) electrons. The highest BCUT2D eigenvalue weighted by Crippen LogP contribution is 2.25. The van der Waals surface area contributed by atoms with Crippen molar-refractivity contribution < 1.29 is 19.4 Å². The zero-order valence-electron chi connectivity index (χ0n) is 11.7. The number of ether oxygens (including phenoxy) is 1. The van der Waals surface area contributed by atoms with Crippen molar-refractivity contribution >= 4 is 20.0 Å². The molecule has 0 aliphatic heterocycles. The highest BCUT2D eigenvalue weighted by atomic mass is 28.3. The normalized spacial score (nSPS) is 12.1. The molecule has 0 fully saturated rings. The molecule has 0 aliphatic carbocycles. The highest BCUT2D eigenvalue weighted by Gasteiger charge is 2.38. The first-order valence-corrected chi connectivity index (χ1v) is 9.47. The first kappa shape index (κ1) is 15.4. The maximum absolute atomic E-state index is 12.0. The van der Waals surface area contributed by atoms with Crippen LogP contribution in [-0.4, -0.2) is 30.3 Å². The summed E-state index contributed by atoms with van der Waals surface area (Å²) in [6.07, 6.45) is 0. The molecule has 0 aliphatic rings. The quantitative estimate of drug-likeness (QED) is 0.679. The van der Waals surface area contributed by atoms with Crippen LogP contribution in [0, 0.1) is 6.92 Å². The highest BCUT2D eigenvalue weighted by molar-refractivity contribution is 6.79. The number of esters is 1. The lowest BCUT2D eigenvalue weighted by Gasteiger charge is -2.36. The molecule has 0 saturated carbocycles. The van der Waals surface area contributed by atoms with Crippen molar-refractivity contribution in [1.29, 1.82) is 0 Å². The summed E-state index contributed by atoms with van der Waals surface area (Å²) in [6, 6.07) is 5.80. The van der Waals surface area contributed by atoms with Crippen molar-refractivity contribution in [2.45, 2.75) is 31.8 Å². The molecule has 4 nitrogen and oxygen atoms in total. The van der Waals surface area contributed by atoms with E-state index < -0.39 is 25.2 Å². The van der Waals surface area contributed by atoms with E-state index in [-0.39, 0.29) is 11.1 Å². The number of rotatable bonds is 4. The number of carbonyl (C=O) groups excluding carboxylic acids is 1. The lowest BCUT2D eigenvalue weighted by Crippen LogP contribution is -2.50. The first-order valence-electron chi connectivity index (χ1n) is 5.97. The zero-order chi connectivity index (χ0) is 14.8. The van der Waals surface area contributed by atoms with Gasteiger partial charge in [0.25, 0.3) is 0 Å². The number of hydrogen-bond acceptors (Lipinski definition) is 3. The molecule has 0 bridgehead atoms. The van der Waals surface area contributed by atoms with Gasteiger partial charge in [0.2, 0.25) is 0 Å². The van der Waals surface area contributed by atoms with Crippen molar-refractivity contribution in [3.8, 4) is 0 Å². The molecule has 19 heavy (non-hydrogen) atoms. The molecule has 1 atom stereocenters. The summed E-state index contributed by atoms with van der Waals surface area (Å²) in [5.41, 5.74) is 0.293. The number of carboxylic acids is 1. The van der Waals surface area contributed by atoms with Crippen LogP contribution in [-0.2, 0) is 4.74 Å². The van der Waals surface area contributed by atoms with Crippen LogP contribution in [0.3, 0.4) is 0 Å². The lowest BCUT2D eigenvalue weighted by molar-refractivity contribution is 0.0307. The van der Waals surface area contributed by atoms with Crippen molar-refractivity contribution in [3.63, 3.8) is 0 Å². The molecule has 0 amide bonds. The van der Waals surface area contributed by atoms with Gasteiger partial charge in [-0.3, -0.25) is 0 Å². The second kappa shape index (κ2) is 5.17. The van der Waals surface area contributed by atoms with E-state index in [1.165, 1.54) is 24.3 Å². The van der Waals surface area contributed by atoms with E-state index in [4.69, 9.17) is 9.84 Å². The average Bonchev–Trinajstić information content (AvgIpc) is 2.27. The Kier molecular flexibility index (Phi) is 4.20. The van der Waals surface area contributed by atoms with E-state index in [2.05, 4.69) is 26.6 Å². The summed E-state index contributed by atoms with van der Waals surface area (Å²) in [4.78, 5) is 22.9. The van der Waals surface area contributed by atoms with Crippen LogP contribution in [0.25, 0.3) is 0 Å². The van der Waals surface area contributed by atoms with Gasteiger partial charge in [0.15, 0.2) is 0 Å². The Labute approximate surface area is 114 Å². The van der Waals surface area contributed by atoms with Gasteiger partial charge in [-0.15, -0.1) is 0 Å². The molecule has 1 unspecified atom stereocenters. The average molecular weight is 279 g/mol. The van der Waals surface area contributed by atoms with E-state index in [1.807, 2.05) is 0 Å². The topological polar surface area (TPSA) is 63.6 Å². The van der Waals surface area contributed by atoms with Crippen molar-refractivity contribution in [2.75, 3.05) is 0 Å². The van der Waals surface area contributed by atoms with Crippen LogP contribution < -0.4 is 0 Å². The molecule has 103 valence electrons. The Morgan fingerprint density at radius 2 is 1.79 bits per heavy atom. The molecular weight excluding hydrogens is 260 g/mol. The monoisotopic (exact) mass is 279 g/mol. The molecule has 1 aromatic carbocycles. The third-order valence-electron chi connectivity index (χ3n) is 3.25. The van der Waals surface area contributed by atoms with E-state index in [9.17, 15) is 9.59 Å². The van der Waals surface area contributed by atoms with Crippen molar-refractivity contribution in [2.24, 2.45) is 0 Å². The van der Waals surface area contributed by atoms with Crippen LogP contribution in [0.2, 0.25) is 19.6 Å². The van der Waals surface area contributed by atoms with Gasteiger partial charge in [0, 0.05) is 0 Å². The van der Waals surface area contributed by atoms with Gasteiger partial charge < -0.3 is 9.84 Å². The second-order valence-electron chi connectivity index (χ2n) is 5.76. The predicted molar refractivity (Wildman–Crippen MR) is 75.9 cm³/mol. The summed E-state index contributed by atoms with van der Waals surface area (Å²) in [6.45, 7) is 11.9. The number of carboxylic acid groups (broad SMARTS) is 1. The maximum atomic E-state index is 12.0. The van der Waals surface area contributed by atoms with Gasteiger partial charge >= 0.3 is 11.9 Å². The number of carbonyl (C=O) groups is 2. The van der Waals surface area contributed by atoms with E-state index >= 15 is 0 Å². The Balaban J connectivity index is 2.96. The minimum Gasteiger partial charge on any atom is -0.478 e. The number of aromatic carboxylic acids is 1. The SMILES string of the molecule is [CH2]C(C)(OC(=O)c1cccc(C(=O)O)c1)[Si](C)(C)C. The Hall–Kier alpha value is -1.62. The smallest absolute Gasteiger partial charge is 0.338 e. The summed E-state index contributed by atoms with van der Waals surface area (Å²) >= 11 is 0. The first-order chi connectivity index (χ1) is 8.54. The van der Waals surface area contributed by atoms with Gasteiger partial charge in [0.05, 0.1) is 24.4 Å². The van der Waals surface area contributed by atoms with Crippen molar-refractivity contribution in [3.05, 3.63) is 42.3 Å². The molecule has 1 aromatic rings. The third kappa shape index (κ3) is 3.67. The standard InChI is InChI=1S/C14H19O4Si/c1-14(2,19(3,4)5)18-13(17)11-8-6-7-10(9-11)12(15)16/h6-9H,1H2,2-5H3,(H,15,16). The molecular formula is C14H19O4Si. The molecule has 5 heteroatoms. The fourth-order valence-corrected chi connectivity index (χ4v) is 1.59. The molecule has 0 aromatic heterocycles. The van der Waals surface area contributed by atoms with Crippen LogP contribution in [0.1, 0.15) is 27.6 Å². The van der Waals surface area contributed by atoms with Crippen LogP contribution >= 0.6 is 0 Å². The lowest BCUT2D eigenvalue weighted by atomic mass is 10.1. The number of benzene rings is 1. The predicted octanol–water partition coefficient (Wildman–Crippen LogP) is 3.01. The van der Waals surface area contributed by atoms with E-state index in [1.54, 1.807) is 6.92 Å². The fraction of sp³-hybridized carbons (Fsp3) is 0.357.